The SMILES string of the molecule is C=Cc1cccc(C(C(=O)NCCC(=O)OCC)N(C(=O)C(CCSC)NC(=O)OC(C)(C)C)C(C)CC)c1. The van der Waals surface area contributed by atoms with E-state index in [2.05, 4.69) is 17.2 Å². The first-order chi connectivity index (χ1) is 18.4. The van der Waals surface area contributed by atoms with Crippen LogP contribution in [0.4, 0.5) is 4.79 Å². The Hall–Kier alpha value is -3.01. The van der Waals surface area contributed by atoms with Gasteiger partial charge in [-0.05, 0) is 76.7 Å². The lowest BCUT2D eigenvalue weighted by Crippen LogP contribution is -2.55. The van der Waals surface area contributed by atoms with E-state index in [9.17, 15) is 19.2 Å². The quantitative estimate of drug-likeness (QED) is 0.297. The lowest BCUT2D eigenvalue weighted by atomic mass is 9.98. The second-order valence-corrected chi connectivity index (χ2v) is 11.1. The molecule has 3 atom stereocenters. The fourth-order valence-corrected chi connectivity index (χ4v) is 4.30. The molecule has 1 rings (SSSR count). The molecule has 0 radical (unpaired) electrons. The van der Waals surface area contributed by atoms with Crippen LogP contribution in [0.5, 0.6) is 0 Å². The predicted octanol–water partition coefficient (Wildman–Crippen LogP) is 4.71. The van der Waals surface area contributed by atoms with Gasteiger partial charge in [0, 0.05) is 12.6 Å². The summed E-state index contributed by atoms with van der Waals surface area (Å²) in [6, 6.07) is 4.99. The zero-order valence-corrected chi connectivity index (χ0v) is 25.2. The number of hydrogen-bond donors (Lipinski definition) is 2. The summed E-state index contributed by atoms with van der Waals surface area (Å²) in [5.74, 6) is -0.631. The number of nitrogens with zero attached hydrogens (tertiary/aromatic N) is 1. The molecular formula is C29H45N3O6S. The Balaban J connectivity index is 3.48. The maximum Gasteiger partial charge on any atom is 0.408 e. The van der Waals surface area contributed by atoms with Crippen molar-refractivity contribution in [1.82, 2.24) is 15.5 Å². The van der Waals surface area contributed by atoms with Crippen molar-refractivity contribution in [2.45, 2.75) is 84.5 Å². The molecule has 218 valence electrons. The highest BCUT2D eigenvalue weighted by Crippen LogP contribution is 2.28. The molecule has 2 N–H and O–H groups in total. The van der Waals surface area contributed by atoms with Gasteiger partial charge in [-0.1, -0.05) is 37.8 Å². The molecule has 1 aromatic carbocycles. The number of carbonyl (C=O) groups is 4. The van der Waals surface area contributed by atoms with E-state index in [4.69, 9.17) is 9.47 Å². The smallest absolute Gasteiger partial charge is 0.408 e. The molecule has 39 heavy (non-hydrogen) atoms. The van der Waals surface area contributed by atoms with Gasteiger partial charge in [0.2, 0.25) is 11.8 Å². The van der Waals surface area contributed by atoms with Gasteiger partial charge in [-0.15, -0.1) is 0 Å². The Morgan fingerprint density at radius 2 is 1.87 bits per heavy atom. The minimum absolute atomic E-state index is 0.00677. The normalized spacial score (nSPS) is 13.4. The third-order valence-electron chi connectivity index (χ3n) is 5.84. The maximum absolute atomic E-state index is 14.2. The topological polar surface area (TPSA) is 114 Å². The van der Waals surface area contributed by atoms with Crippen LogP contribution in [0.3, 0.4) is 0 Å². The second-order valence-electron chi connectivity index (χ2n) is 10.1. The van der Waals surface area contributed by atoms with Gasteiger partial charge in [-0.2, -0.15) is 11.8 Å². The summed E-state index contributed by atoms with van der Waals surface area (Å²) in [6.45, 7) is 14.9. The molecule has 0 heterocycles. The third-order valence-corrected chi connectivity index (χ3v) is 6.49. The van der Waals surface area contributed by atoms with E-state index in [1.165, 1.54) is 4.90 Å². The number of alkyl carbamates (subject to hydrolysis) is 1. The number of esters is 1. The fraction of sp³-hybridized carbons (Fsp3) is 0.586. The first kappa shape index (κ1) is 34.0. The monoisotopic (exact) mass is 563 g/mol. The van der Waals surface area contributed by atoms with Crippen molar-refractivity contribution in [3.63, 3.8) is 0 Å². The first-order valence-corrected chi connectivity index (χ1v) is 14.7. The van der Waals surface area contributed by atoms with Gasteiger partial charge in [0.05, 0.1) is 13.0 Å². The van der Waals surface area contributed by atoms with Crippen LogP contribution in [0.2, 0.25) is 0 Å². The maximum atomic E-state index is 14.2. The van der Waals surface area contributed by atoms with E-state index in [0.29, 0.717) is 24.2 Å². The third kappa shape index (κ3) is 11.7. The molecule has 0 aliphatic carbocycles. The van der Waals surface area contributed by atoms with E-state index in [0.717, 1.165) is 5.56 Å². The van der Waals surface area contributed by atoms with E-state index in [-0.39, 0.29) is 31.5 Å². The molecule has 0 aliphatic heterocycles. The molecular weight excluding hydrogens is 518 g/mol. The molecule has 0 saturated heterocycles. The van der Waals surface area contributed by atoms with Crippen LogP contribution in [-0.2, 0) is 23.9 Å². The van der Waals surface area contributed by atoms with E-state index >= 15 is 0 Å². The molecule has 1 aromatic rings. The number of ether oxygens (including phenoxy) is 2. The Morgan fingerprint density at radius 1 is 1.18 bits per heavy atom. The van der Waals surface area contributed by atoms with E-state index in [1.807, 2.05) is 32.2 Å². The van der Waals surface area contributed by atoms with Crippen molar-refractivity contribution in [2.75, 3.05) is 25.2 Å². The number of hydrogen-bond acceptors (Lipinski definition) is 7. The van der Waals surface area contributed by atoms with Gasteiger partial charge in [0.15, 0.2) is 0 Å². The lowest BCUT2D eigenvalue weighted by molar-refractivity contribution is -0.146. The van der Waals surface area contributed by atoms with Crippen LogP contribution in [0.15, 0.2) is 30.8 Å². The highest BCUT2D eigenvalue weighted by molar-refractivity contribution is 7.98. The second kappa shape index (κ2) is 16.8. The molecule has 3 unspecified atom stereocenters. The molecule has 0 saturated carbocycles. The Labute approximate surface area is 237 Å². The van der Waals surface area contributed by atoms with Crippen LogP contribution in [0.1, 0.15) is 78.0 Å². The van der Waals surface area contributed by atoms with Crippen molar-refractivity contribution in [2.24, 2.45) is 0 Å². The number of thioether (sulfide) groups is 1. The van der Waals surface area contributed by atoms with Gasteiger partial charge >= 0.3 is 12.1 Å². The fourth-order valence-electron chi connectivity index (χ4n) is 3.83. The van der Waals surface area contributed by atoms with E-state index in [1.54, 1.807) is 57.7 Å². The zero-order chi connectivity index (χ0) is 29.6. The molecule has 3 amide bonds. The number of carbonyl (C=O) groups excluding carboxylic acids is 4. The van der Waals surface area contributed by atoms with Crippen LogP contribution in [-0.4, -0.2) is 71.6 Å². The first-order valence-electron chi connectivity index (χ1n) is 13.3. The lowest BCUT2D eigenvalue weighted by Gasteiger charge is -2.38. The number of rotatable bonds is 15. The van der Waals surface area contributed by atoms with Gasteiger partial charge in [-0.3, -0.25) is 14.4 Å². The number of nitrogens with one attached hydrogen (secondary N) is 2. The molecule has 0 fully saturated rings. The minimum atomic E-state index is -1.01. The summed E-state index contributed by atoms with van der Waals surface area (Å²) in [5.41, 5.74) is 0.648. The Morgan fingerprint density at radius 3 is 2.44 bits per heavy atom. The van der Waals surface area contributed by atoms with Gasteiger partial charge in [0.1, 0.15) is 17.7 Å². The van der Waals surface area contributed by atoms with Crippen LogP contribution in [0.25, 0.3) is 6.08 Å². The highest BCUT2D eigenvalue weighted by atomic mass is 32.2. The Kier molecular flexibility index (Phi) is 14.7. The molecule has 10 heteroatoms. The van der Waals surface area contributed by atoms with Crippen molar-refractivity contribution in [3.8, 4) is 0 Å². The standard InChI is InChI=1S/C29H45N3O6S/c1-9-20(4)32(27(35)23(16-18-39-8)31-28(36)38-29(5,6)7)25(22-14-12-13-21(10-2)19-22)26(34)30-17-15-24(33)37-11-3/h10,12-14,19-20,23,25H,2,9,11,15-18H2,1,3-8H3,(H,30,34)(H,31,36). The average molecular weight is 564 g/mol. The molecule has 0 aliphatic rings. The van der Waals surface area contributed by atoms with Crippen molar-refractivity contribution >= 4 is 41.7 Å². The summed E-state index contributed by atoms with van der Waals surface area (Å²) in [7, 11) is 0. The number of amides is 3. The largest absolute Gasteiger partial charge is 0.466 e. The van der Waals surface area contributed by atoms with Gasteiger partial charge in [0.25, 0.3) is 0 Å². The molecule has 0 spiro atoms. The van der Waals surface area contributed by atoms with E-state index < -0.39 is 35.7 Å². The molecule has 0 bridgehead atoms. The summed E-state index contributed by atoms with van der Waals surface area (Å²) in [5, 5.41) is 5.53. The van der Waals surface area contributed by atoms with Crippen LogP contribution < -0.4 is 10.6 Å². The number of benzene rings is 1. The van der Waals surface area contributed by atoms with Crippen molar-refractivity contribution in [3.05, 3.63) is 42.0 Å². The Bertz CT molecular complexity index is 978. The minimum Gasteiger partial charge on any atom is -0.466 e. The van der Waals surface area contributed by atoms with Crippen molar-refractivity contribution < 1.29 is 28.7 Å². The summed E-state index contributed by atoms with van der Waals surface area (Å²) in [4.78, 5) is 53.9. The van der Waals surface area contributed by atoms with Crippen molar-refractivity contribution in [1.29, 1.82) is 0 Å². The van der Waals surface area contributed by atoms with Crippen LogP contribution in [0, 0.1) is 0 Å². The molecule has 0 aromatic heterocycles. The summed E-state index contributed by atoms with van der Waals surface area (Å²) in [6.07, 6.45) is 3.82. The predicted molar refractivity (Wildman–Crippen MR) is 156 cm³/mol. The summed E-state index contributed by atoms with van der Waals surface area (Å²) < 4.78 is 10.4. The van der Waals surface area contributed by atoms with Crippen LogP contribution >= 0.6 is 11.8 Å². The highest BCUT2D eigenvalue weighted by Gasteiger charge is 2.38. The van der Waals surface area contributed by atoms with Gasteiger partial charge < -0.3 is 25.0 Å². The van der Waals surface area contributed by atoms with Gasteiger partial charge in [-0.25, -0.2) is 4.79 Å². The summed E-state index contributed by atoms with van der Waals surface area (Å²) >= 11 is 1.55. The molecule has 9 nitrogen and oxygen atoms in total. The zero-order valence-electron chi connectivity index (χ0n) is 24.4. The average Bonchev–Trinajstić information content (AvgIpc) is 2.87.